The second-order valence-corrected chi connectivity index (χ2v) is 8.84. The first-order valence-corrected chi connectivity index (χ1v) is 11.7. The SMILES string of the molecule is O=C(O)C[C@@H]1CCCN1C(=O)c1ccc(CNC(=O)OCC2c3ccccc3-c3ccccc32)o1. The number of nitrogens with zero attached hydrogens (tertiary/aromatic N) is 1. The molecule has 2 aromatic carbocycles. The molecule has 35 heavy (non-hydrogen) atoms. The lowest BCUT2D eigenvalue weighted by Gasteiger charge is -2.22. The maximum Gasteiger partial charge on any atom is 0.407 e. The summed E-state index contributed by atoms with van der Waals surface area (Å²) < 4.78 is 11.1. The number of furan rings is 1. The molecule has 0 radical (unpaired) electrons. The average molecular weight is 475 g/mol. The zero-order valence-corrected chi connectivity index (χ0v) is 19.1. The molecule has 0 spiro atoms. The molecule has 8 heteroatoms. The maximum atomic E-state index is 12.8. The number of aliphatic carboxylic acids is 1. The van der Waals surface area contributed by atoms with E-state index >= 15 is 0 Å². The summed E-state index contributed by atoms with van der Waals surface area (Å²) in [5, 5.41) is 11.7. The van der Waals surface area contributed by atoms with E-state index in [1.807, 2.05) is 24.3 Å². The summed E-state index contributed by atoms with van der Waals surface area (Å²) in [5.41, 5.74) is 4.60. The quantitative estimate of drug-likeness (QED) is 0.525. The van der Waals surface area contributed by atoms with Crippen molar-refractivity contribution < 1.29 is 28.6 Å². The van der Waals surface area contributed by atoms with Crippen LogP contribution in [0.5, 0.6) is 0 Å². The number of carbonyl (C=O) groups excluding carboxylic acids is 2. The number of hydrogen-bond donors (Lipinski definition) is 2. The van der Waals surface area contributed by atoms with E-state index in [0.29, 0.717) is 18.7 Å². The fourth-order valence-electron chi connectivity index (χ4n) is 5.05. The first kappa shape index (κ1) is 22.7. The Bertz CT molecular complexity index is 1220. The summed E-state index contributed by atoms with van der Waals surface area (Å²) in [7, 11) is 0. The van der Waals surface area contributed by atoms with Gasteiger partial charge in [0.1, 0.15) is 12.4 Å². The molecular formula is C27H26N2O6. The molecule has 1 atom stereocenters. The van der Waals surface area contributed by atoms with Gasteiger partial charge in [-0.1, -0.05) is 48.5 Å². The first-order valence-electron chi connectivity index (χ1n) is 11.7. The van der Waals surface area contributed by atoms with Gasteiger partial charge in [-0.05, 0) is 47.2 Å². The predicted octanol–water partition coefficient (Wildman–Crippen LogP) is 4.40. The lowest BCUT2D eigenvalue weighted by Crippen LogP contribution is -2.36. The summed E-state index contributed by atoms with van der Waals surface area (Å²) in [4.78, 5) is 37.8. The fourth-order valence-corrected chi connectivity index (χ4v) is 5.05. The Hall–Kier alpha value is -4.07. The minimum atomic E-state index is -0.929. The van der Waals surface area contributed by atoms with Crippen LogP contribution in [-0.4, -0.2) is 47.2 Å². The highest BCUT2D eigenvalue weighted by molar-refractivity contribution is 5.92. The normalized spacial score (nSPS) is 16.6. The number of carbonyl (C=O) groups is 3. The van der Waals surface area contributed by atoms with Crippen LogP contribution < -0.4 is 5.32 Å². The van der Waals surface area contributed by atoms with Gasteiger partial charge in [0.2, 0.25) is 0 Å². The van der Waals surface area contributed by atoms with Crippen LogP contribution in [-0.2, 0) is 16.1 Å². The smallest absolute Gasteiger partial charge is 0.407 e. The number of amides is 2. The van der Waals surface area contributed by atoms with Crippen molar-refractivity contribution in [1.82, 2.24) is 10.2 Å². The van der Waals surface area contributed by atoms with Gasteiger partial charge in [0.15, 0.2) is 5.76 Å². The van der Waals surface area contributed by atoms with E-state index in [0.717, 1.165) is 28.7 Å². The van der Waals surface area contributed by atoms with Crippen molar-refractivity contribution in [3.8, 4) is 11.1 Å². The molecule has 0 unspecified atom stereocenters. The number of carboxylic acids is 1. The van der Waals surface area contributed by atoms with E-state index < -0.39 is 12.1 Å². The van der Waals surface area contributed by atoms with Crippen LogP contribution in [0.1, 0.15) is 52.6 Å². The molecular weight excluding hydrogens is 448 g/mol. The van der Waals surface area contributed by atoms with Gasteiger partial charge >= 0.3 is 12.1 Å². The highest BCUT2D eigenvalue weighted by atomic mass is 16.5. The van der Waals surface area contributed by atoms with Gasteiger partial charge in [-0.2, -0.15) is 0 Å². The van der Waals surface area contributed by atoms with Gasteiger partial charge in [-0.3, -0.25) is 9.59 Å². The third-order valence-corrected chi connectivity index (χ3v) is 6.67. The molecule has 180 valence electrons. The van der Waals surface area contributed by atoms with Crippen molar-refractivity contribution >= 4 is 18.0 Å². The Labute approximate surface area is 202 Å². The number of benzene rings is 2. The predicted molar refractivity (Wildman–Crippen MR) is 127 cm³/mol. The molecule has 1 aliphatic heterocycles. The number of fused-ring (bicyclic) bond motifs is 3. The van der Waals surface area contributed by atoms with Crippen LogP contribution >= 0.6 is 0 Å². The van der Waals surface area contributed by atoms with Gasteiger partial charge in [0.25, 0.3) is 5.91 Å². The molecule has 2 N–H and O–H groups in total. The van der Waals surface area contributed by atoms with Gasteiger partial charge in [-0.15, -0.1) is 0 Å². The summed E-state index contributed by atoms with van der Waals surface area (Å²) in [6.07, 6.45) is 0.773. The third-order valence-electron chi connectivity index (χ3n) is 6.67. The van der Waals surface area contributed by atoms with Gasteiger partial charge < -0.3 is 24.5 Å². The van der Waals surface area contributed by atoms with Crippen molar-refractivity contribution in [1.29, 1.82) is 0 Å². The van der Waals surface area contributed by atoms with E-state index in [-0.39, 0.29) is 43.2 Å². The highest BCUT2D eigenvalue weighted by Gasteiger charge is 2.32. The molecule has 1 aliphatic carbocycles. The van der Waals surface area contributed by atoms with E-state index in [9.17, 15) is 14.4 Å². The van der Waals surface area contributed by atoms with Crippen LogP contribution in [0.15, 0.2) is 65.1 Å². The number of carboxylic acid groups (broad SMARTS) is 1. The molecule has 2 heterocycles. The van der Waals surface area contributed by atoms with Crippen LogP contribution in [0.2, 0.25) is 0 Å². The lowest BCUT2D eigenvalue weighted by molar-refractivity contribution is -0.137. The topological polar surface area (TPSA) is 109 Å². The Morgan fingerprint density at radius 3 is 2.37 bits per heavy atom. The molecule has 1 aromatic heterocycles. The molecule has 8 nitrogen and oxygen atoms in total. The fraction of sp³-hybridized carbons (Fsp3) is 0.296. The molecule has 2 aliphatic rings. The minimum Gasteiger partial charge on any atom is -0.481 e. The van der Waals surface area contributed by atoms with Crippen LogP contribution in [0.4, 0.5) is 4.79 Å². The van der Waals surface area contributed by atoms with Crippen LogP contribution in [0, 0.1) is 0 Å². The zero-order chi connectivity index (χ0) is 24.4. The summed E-state index contributed by atoms with van der Waals surface area (Å²) in [6.45, 7) is 0.787. The van der Waals surface area contributed by atoms with Crippen molar-refractivity contribution in [3.05, 3.63) is 83.3 Å². The average Bonchev–Trinajstić information content (AvgIpc) is 3.59. The molecule has 1 saturated heterocycles. The highest BCUT2D eigenvalue weighted by Crippen LogP contribution is 2.44. The summed E-state index contributed by atoms with van der Waals surface area (Å²) >= 11 is 0. The van der Waals surface area contributed by atoms with Gasteiger partial charge in [0, 0.05) is 18.5 Å². The largest absolute Gasteiger partial charge is 0.481 e. The Morgan fingerprint density at radius 1 is 1.00 bits per heavy atom. The number of nitrogens with one attached hydrogen (secondary N) is 1. The monoisotopic (exact) mass is 474 g/mol. The van der Waals surface area contributed by atoms with Crippen molar-refractivity contribution in [3.63, 3.8) is 0 Å². The Morgan fingerprint density at radius 2 is 1.69 bits per heavy atom. The Kier molecular flexibility index (Phi) is 6.27. The molecule has 2 amide bonds. The van der Waals surface area contributed by atoms with Crippen LogP contribution in [0.25, 0.3) is 11.1 Å². The van der Waals surface area contributed by atoms with E-state index in [1.54, 1.807) is 17.0 Å². The molecule has 0 saturated carbocycles. The number of rotatable bonds is 7. The zero-order valence-electron chi connectivity index (χ0n) is 19.1. The van der Waals surface area contributed by atoms with E-state index in [1.165, 1.54) is 0 Å². The molecule has 0 bridgehead atoms. The van der Waals surface area contributed by atoms with Crippen molar-refractivity contribution in [2.24, 2.45) is 0 Å². The van der Waals surface area contributed by atoms with Crippen LogP contribution in [0.3, 0.4) is 0 Å². The molecule has 5 rings (SSSR count). The number of alkyl carbamates (subject to hydrolysis) is 1. The standard InChI is InChI=1S/C27H26N2O6/c30-25(31)14-17-6-5-13-29(17)26(32)24-12-11-18(35-24)15-28-27(33)34-16-23-21-9-3-1-7-19(21)20-8-2-4-10-22(20)23/h1-4,7-12,17,23H,5-6,13-16H2,(H,28,33)(H,30,31)/t17-/m0/s1. The first-order chi connectivity index (χ1) is 17.0. The van der Waals surface area contributed by atoms with Crippen molar-refractivity contribution in [2.75, 3.05) is 13.2 Å². The Balaban J connectivity index is 1.16. The second kappa shape index (κ2) is 9.66. The van der Waals surface area contributed by atoms with E-state index in [4.69, 9.17) is 14.3 Å². The molecule has 3 aromatic rings. The minimum absolute atomic E-state index is 0.0276. The van der Waals surface area contributed by atoms with Gasteiger partial charge in [-0.25, -0.2) is 4.79 Å². The van der Waals surface area contributed by atoms with E-state index in [2.05, 4.69) is 29.6 Å². The van der Waals surface area contributed by atoms with Crippen molar-refractivity contribution in [2.45, 2.75) is 37.8 Å². The van der Waals surface area contributed by atoms with Gasteiger partial charge in [0.05, 0.1) is 13.0 Å². The number of ether oxygens (including phenoxy) is 1. The number of hydrogen-bond acceptors (Lipinski definition) is 5. The second-order valence-electron chi connectivity index (χ2n) is 8.84. The third kappa shape index (κ3) is 4.64. The summed E-state index contributed by atoms with van der Waals surface area (Å²) in [6, 6.07) is 19.1. The lowest BCUT2D eigenvalue weighted by atomic mass is 9.98. The maximum absolute atomic E-state index is 12.8. The number of likely N-dealkylation sites (tertiary alicyclic amines) is 1. The molecule has 1 fully saturated rings. The summed E-state index contributed by atoms with van der Waals surface area (Å²) in [5.74, 6) is -0.745.